The highest BCUT2D eigenvalue weighted by Crippen LogP contribution is 2.55. The minimum absolute atomic E-state index is 0.0150. The molecular formula is C14H16O2S. The van der Waals surface area contributed by atoms with Crippen LogP contribution in [0.5, 0.6) is 0 Å². The number of thioether (sulfide) groups is 1. The first-order valence-corrected chi connectivity index (χ1v) is 6.97. The fourth-order valence-corrected chi connectivity index (χ4v) is 4.42. The smallest absolute Gasteiger partial charge is 0.311 e. The number of cyclic esters (lactones) is 1. The quantitative estimate of drug-likeness (QED) is 0.715. The second-order valence-corrected chi connectivity index (χ2v) is 7.00. The molecule has 0 aromatic heterocycles. The maximum absolute atomic E-state index is 12.0. The van der Waals surface area contributed by atoms with Gasteiger partial charge in [0.15, 0.2) is 0 Å². The van der Waals surface area contributed by atoms with Crippen LogP contribution in [0.25, 0.3) is 0 Å². The topological polar surface area (TPSA) is 26.3 Å². The van der Waals surface area contributed by atoms with E-state index in [1.54, 1.807) is 0 Å². The molecule has 3 heteroatoms. The number of esters is 1. The first-order chi connectivity index (χ1) is 8.09. The molecule has 2 fully saturated rings. The summed E-state index contributed by atoms with van der Waals surface area (Å²) in [5.41, 5.74) is 1.13. The first-order valence-electron chi connectivity index (χ1n) is 5.99. The van der Waals surface area contributed by atoms with Gasteiger partial charge in [0.2, 0.25) is 0 Å². The van der Waals surface area contributed by atoms with E-state index >= 15 is 0 Å². The molecule has 0 spiro atoms. The van der Waals surface area contributed by atoms with Crippen LogP contribution in [-0.4, -0.2) is 16.5 Å². The molecule has 3 rings (SSSR count). The van der Waals surface area contributed by atoms with Crippen molar-refractivity contribution in [2.75, 3.05) is 5.75 Å². The normalized spacial score (nSPS) is 34.5. The Morgan fingerprint density at radius 3 is 2.71 bits per heavy atom. The highest BCUT2D eigenvalue weighted by Gasteiger charge is 2.56. The zero-order valence-electron chi connectivity index (χ0n) is 10.1. The van der Waals surface area contributed by atoms with Crippen molar-refractivity contribution in [1.29, 1.82) is 0 Å². The lowest BCUT2D eigenvalue weighted by Crippen LogP contribution is -2.29. The number of hydrogen-bond acceptors (Lipinski definition) is 3. The van der Waals surface area contributed by atoms with Crippen LogP contribution in [0.3, 0.4) is 0 Å². The van der Waals surface area contributed by atoms with Gasteiger partial charge in [0.1, 0.15) is 6.10 Å². The Labute approximate surface area is 106 Å². The fourth-order valence-electron chi connectivity index (χ4n) is 2.98. The second-order valence-electron chi connectivity index (χ2n) is 5.32. The molecule has 0 amide bonds. The Bertz CT molecular complexity index is 441. The van der Waals surface area contributed by atoms with Crippen molar-refractivity contribution in [2.45, 2.75) is 24.7 Å². The van der Waals surface area contributed by atoms with Crippen LogP contribution < -0.4 is 0 Å². The summed E-state index contributed by atoms with van der Waals surface area (Å²) in [6.07, 6.45) is -0.0389. The minimum Gasteiger partial charge on any atom is -0.457 e. The SMILES string of the molecule is CC1(C)SC[C@@H]2[C@@H](c3ccccc3)OC(=O)[C@@H]21. The molecule has 0 aliphatic carbocycles. The van der Waals surface area contributed by atoms with Crippen molar-refractivity contribution in [3.63, 3.8) is 0 Å². The third-order valence-electron chi connectivity index (χ3n) is 3.84. The summed E-state index contributed by atoms with van der Waals surface area (Å²) >= 11 is 1.89. The Morgan fingerprint density at radius 2 is 2.00 bits per heavy atom. The average molecular weight is 248 g/mol. The van der Waals surface area contributed by atoms with Crippen LogP contribution in [0.15, 0.2) is 30.3 Å². The molecule has 0 radical (unpaired) electrons. The molecule has 0 saturated carbocycles. The molecule has 3 atom stereocenters. The van der Waals surface area contributed by atoms with Gasteiger partial charge in [-0.15, -0.1) is 0 Å². The fraction of sp³-hybridized carbons (Fsp3) is 0.500. The predicted octanol–water partition coefficient (Wildman–Crippen LogP) is 3.04. The van der Waals surface area contributed by atoms with E-state index in [2.05, 4.69) is 26.0 Å². The van der Waals surface area contributed by atoms with Gasteiger partial charge < -0.3 is 4.74 Å². The highest BCUT2D eigenvalue weighted by molar-refractivity contribution is 8.00. The van der Waals surface area contributed by atoms with E-state index in [-0.39, 0.29) is 22.7 Å². The monoisotopic (exact) mass is 248 g/mol. The van der Waals surface area contributed by atoms with E-state index in [9.17, 15) is 4.79 Å². The van der Waals surface area contributed by atoms with Gasteiger partial charge in [-0.05, 0) is 19.4 Å². The van der Waals surface area contributed by atoms with Crippen molar-refractivity contribution >= 4 is 17.7 Å². The molecule has 2 aliphatic rings. The van der Waals surface area contributed by atoms with E-state index in [4.69, 9.17) is 4.74 Å². The molecule has 1 aromatic rings. The second kappa shape index (κ2) is 3.77. The predicted molar refractivity (Wildman–Crippen MR) is 68.8 cm³/mol. The highest BCUT2D eigenvalue weighted by atomic mass is 32.2. The van der Waals surface area contributed by atoms with Gasteiger partial charge in [0.05, 0.1) is 5.92 Å². The molecule has 0 N–H and O–H groups in total. The molecule has 0 unspecified atom stereocenters. The molecule has 17 heavy (non-hydrogen) atoms. The molecule has 2 nitrogen and oxygen atoms in total. The van der Waals surface area contributed by atoms with Gasteiger partial charge in [-0.1, -0.05) is 30.3 Å². The molecule has 0 bridgehead atoms. The van der Waals surface area contributed by atoms with Crippen LogP contribution in [0, 0.1) is 11.8 Å². The molecular weight excluding hydrogens is 232 g/mol. The van der Waals surface area contributed by atoms with E-state index in [1.807, 2.05) is 30.0 Å². The molecule has 2 heterocycles. The van der Waals surface area contributed by atoms with Crippen LogP contribution in [0.1, 0.15) is 25.5 Å². The molecule has 2 aliphatic heterocycles. The van der Waals surface area contributed by atoms with Crippen molar-refractivity contribution in [3.05, 3.63) is 35.9 Å². The van der Waals surface area contributed by atoms with Gasteiger partial charge >= 0.3 is 5.97 Å². The molecule has 2 saturated heterocycles. The summed E-state index contributed by atoms with van der Waals surface area (Å²) in [5.74, 6) is 1.39. The van der Waals surface area contributed by atoms with Crippen molar-refractivity contribution in [3.8, 4) is 0 Å². The maximum Gasteiger partial charge on any atom is 0.311 e. The summed E-state index contributed by atoms with van der Waals surface area (Å²) < 4.78 is 5.62. The minimum atomic E-state index is -0.0389. The number of rotatable bonds is 1. The summed E-state index contributed by atoms with van der Waals surface area (Å²) in [7, 11) is 0. The van der Waals surface area contributed by atoms with Gasteiger partial charge in [0, 0.05) is 16.4 Å². The van der Waals surface area contributed by atoms with Crippen LogP contribution >= 0.6 is 11.8 Å². The van der Waals surface area contributed by atoms with E-state index in [1.165, 1.54) is 0 Å². The average Bonchev–Trinajstić information content (AvgIpc) is 2.80. The van der Waals surface area contributed by atoms with Gasteiger partial charge in [-0.25, -0.2) is 0 Å². The van der Waals surface area contributed by atoms with Gasteiger partial charge in [-0.3, -0.25) is 4.79 Å². The lowest BCUT2D eigenvalue weighted by molar-refractivity contribution is -0.145. The molecule has 1 aromatic carbocycles. The maximum atomic E-state index is 12.0. The third kappa shape index (κ3) is 1.68. The summed E-state index contributed by atoms with van der Waals surface area (Å²) in [5, 5.41) is 0. The number of fused-ring (bicyclic) bond motifs is 1. The van der Waals surface area contributed by atoms with Crippen LogP contribution in [0.2, 0.25) is 0 Å². The van der Waals surface area contributed by atoms with E-state index in [0.717, 1.165) is 11.3 Å². The Kier molecular flexibility index (Phi) is 2.47. The molecule has 90 valence electrons. The zero-order valence-corrected chi connectivity index (χ0v) is 10.9. The van der Waals surface area contributed by atoms with Gasteiger partial charge in [-0.2, -0.15) is 11.8 Å². The standard InChI is InChI=1S/C14H16O2S/c1-14(2)11-10(8-17-14)12(16-13(11)15)9-6-4-3-5-7-9/h3-7,10-12H,8H2,1-2H3/t10-,11+,12+/m0/s1. The summed E-state index contributed by atoms with van der Waals surface area (Å²) in [6, 6.07) is 10.1. The summed E-state index contributed by atoms with van der Waals surface area (Å²) in [4.78, 5) is 12.0. The Balaban J connectivity index is 1.94. The van der Waals surface area contributed by atoms with Crippen LogP contribution in [-0.2, 0) is 9.53 Å². The lowest BCUT2D eigenvalue weighted by atomic mass is 9.82. The summed E-state index contributed by atoms with van der Waals surface area (Å²) in [6.45, 7) is 4.30. The number of carbonyl (C=O) groups is 1. The number of ether oxygens (including phenoxy) is 1. The van der Waals surface area contributed by atoms with Gasteiger partial charge in [0.25, 0.3) is 0 Å². The first kappa shape index (κ1) is 11.1. The largest absolute Gasteiger partial charge is 0.457 e. The lowest BCUT2D eigenvalue weighted by Gasteiger charge is -2.21. The number of hydrogen-bond donors (Lipinski definition) is 0. The van der Waals surface area contributed by atoms with E-state index in [0.29, 0.717) is 5.92 Å². The van der Waals surface area contributed by atoms with Crippen molar-refractivity contribution in [1.82, 2.24) is 0 Å². The third-order valence-corrected chi connectivity index (χ3v) is 5.39. The Morgan fingerprint density at radius 1 is 1.29 bits per heavy atom. The van der Waals surface area contributed by atoms with Crippen LogP contribution in [0.4, 0.5) is 0 Å². The number of benzene rings is 1. The van der Waals surface area contributed by atoms with E-state index < -0.39 is 0 Å². The van der Waals surface area contributed by atoms with Crippen molar-refractivity contribution < 1.29 is 9.53 Å². The van der Waals surface area contributed by atoms with Crippen molar-refractivity contribution in [2.24, 2.45) is 11.8 Å². The Hall–Kier alpha value is -0.960. The zero-order chi connectivity index (χ0) is 12.0. The number of carbonyl (C=O) groups excluding carboxylic acids is 1.